The van der Waals surface area contributed by atoms with Crippen molar-refractivity contribution >= 4 is 21.9 Å². The summed E-state index contributed by atoms with van der Waals surface area (Å²) in [7, 11) is -1.23. The zero-order valence-electron chi connectivity index (χ0n) is 13.5. The fourth-order valence-electron chi connectivity index (χ4n) is 3.01. The van der Waals surface area contributed by atoms with E-state index in [-0.39, 0.29) is 0 Å². The number of piperazine rings is 1. The van der Waals surface area contributed by atoms with E-state index in [1.807, 2.05) is 34.8 Å². The van der Waals surface area contributed by atoms with Gasteiger partial charge in [0.15, 0.2) is 0 Å². The lowest BCUT2D eigenvalue weighted by Gasteiger charge is -2.25. The van der Waals surface area contributed by atoms with Crippen molar-refractivity contribution in [1.82, 2.24) is 19.6 Å². The average molecular weight is 351 g/mol. The predicted octanol–water partition coefficient (Wildman–Crippen LogP) is 2.03. The third-order valence-corrected chi connectivity index (χ3v) is 5.78. The van der Waals surface area contributed by atoms with Crippen LogP contribution in [-0.4, -0.2) is 44.7 Å². The summed E-state index contributed by atoms with van der Waals surface area (Å²) in [5.74, 6) is 0. The second kappa shape index (κ2) is 6.76. The number of nitriles is 1. The summed E-state index contributed by atoms with van der Waals surface area (Å²) >= 11 is 0. The van der Waals surface area contributed by atoms with Crippen molar-refractivity contribution < 1.29 is 4.21 Å². The van der Waals surface area contributed by atoms with Gasteiger partial charge in [0.25, 0.3) is 0 Å². The van der Waals surface area contributed by atoms with E-state index in [2.05, 4.69) is 21.4 Å². The smallest absolute Gasteiger partial charge is 0.146 e. The molecular formula is C18H17N5OS. The topological polar surface area (TPSA) is 84.8 Å². The number of fused-ring (bicyclic) bond motifs is 1. The van der Waals surface area contributed by atoms with Crippen LogP contribution in [0.15, 0.2) is 47.8 Å². The lowest BCUT2D eigenvalue weighted by atomic mass is 10.1. The van der Waals surface area contributed by atoms with E-state index >= 15 is 0 Å². The number of hydrogen-bond donors (Lipinski definition) is 2. The third-order valence-electron chi connectivity index (χ3n) is 4.35. The fourth-order valence-corrected chi connectivity index (χ4v) is 4.12. The summed E-state index contributed by atoms with van der Waals surface area (Å²) in [5.41, 5.74) is 3.52. The standard InChI is InChI=1S/C18H17N5OS/c19-10-13-1-3-17-15(9-13)16(12-21-17)14-2-4-18(22-11-14)25(24)23-7-5-20-6-8-23/h1-4,9,11-12,20-21H,5-8H2. The molecular weight excluding hydrogens is 334 g/mol. The number of nitrogens with zero attached hydrogens (tertiary/aromatic N) is 3. The first-order valence-corrected chi connectivity index (χ1v) is 9.22. The van der Waals surface area contributed by atoms with Gasteiger partial charge in [-0.05, 0) is 30.3 Å². The SMILES string of the molecule is N#Cc1ccc2[nH]cc(-c3ccc(S(=O)N4CCNCC4)nc3)c2c1. The van der Waals surface area contributed by atoms with Gasteiger partial charge in [0.1, 0.15) is 16.0 Å². The molecule has 6 nitrogen and oxygen atoms in total. The Hall–Kier alpha value is -2.53. The minimum atomic E-state index is -1.23. The van der Waals surface area contributed by atoms with Crippen LogP contribution in [0.5, 0.6) is 0 Å². The van der Waals surface area contributed by atoms with Crippen LogP contribution in [0, 0.1) is 11.3 Å². The van der Waals surface area contributed by atoms with Gasteiger partial charge < -0.3 is 10.3 Å². The summed E-state index contributed by atoms with van der Waals surface area (Å²) in [6, 6.07) is 11.5. The van der Waals surface area contributed by atoms with Crippen molar-refractivity contribution in [3.63, 3.8) is 0 Å². The number of rotatable bonds is 3. The van der Waals surface area contributed by atoms with Gasteiger partial charge in [-0.1, -0.05) is 0 Å². The molecule has 0 bridgehead atoms. The van der Waals surface area contributed by atoms with Gasteiger partial charge >= 0.3 is 0 Å². The molecule has 7 heteroatoms. The first-order chi connectivity index (χ1) is 12.3. The summed E-state index contributed by atoms with van der Waals surface area (Å²) in [6.45, 7) is 3.21. The Kier molecular flexibility index (Phi) is 4.32. The van der Waals surface area contributed by atoms with Crippen LogP contribution in [-0.2, 0) is 11.0 Å². The molecule has 3 aromatic rings. The van der Waals surface area contributed by atoms with Crippen molar-refractivity contribution in [3.8, 4) is 17.2 Å². The Morgan fingerprint density at radius 2 is 2.04 bits per heavy atom. The van der Waals surface area contributed by atoms with Gasteiger partial charge in [-0.2, -0.15) is 5.26 Å². The van der Waals surface area contributed by atoms with Gasteiger partial charge in [-0.3, -0.25) is 0 Å². The van der Waals surface area contributed by atoms with Crippen LogP contribution in [0.1, 0.15) is 5.56 Å². The second-order valence-corrected chi connectivity index (χ2v) is 7.32. The van der Waals surface area contributed by atoms with Crippen LogP contribution in [0.3, 0.4) is 0 Å². The molecule has 0 amide bonds. The fraction of sp³-hybridized carbons (Fsp3) is 0.222. The van der Waals surface area contributed by atoms with Crippen molar-refractivity contribution in [2.45, 2.75) is 5.03 Å². The molecule has 0 radical (unpaired) electrons. The van der Waals surface area contributed by atoms with Crippen LogP contribution in [0.25, 0.3) is 22.0 Å². The molecule has 2 aromatic heterocycles. The Morgan fingerprint density at radius 3 is 2.76 bits per heavy atom. The number of H-pyrrole nitrogens is 1. The number of pyridine rings is 1. The average Bonchev–Trinajstić information content (AvgIpc) is 3.11. The molecule has 0 spiro atoms. The molecule has 1 fully saturated rings. The Labute approximate surface area is 148 Å². The highest BCUT2D eigenvalue weighted by Gasteiger charge is 2.18. The lowest BCUT2D eigenvalue weighted by Crippen LogP contribution is -2.44. The number of nitrogens with one attached hydrogen (secondary N) is 2. The van der Waals surface area contributed by atoms with E-state index in [1.165, 1.54) is 0 Å². The second-order valence-electron chi connectivity index (χ2n) is 5.89. The lowest BCUT2D eigenvalue weighted by molar-refractivity contribution is 0.379. The van der Waals surface area contributed by atoms with Crippen LogP contribution in [0.2, 0.25) is 0 Å². The predicted molar refractivity (Wildman–Crippen MR) is 97.1 cm³/mol. The van der Waals surface area contributed by atoms with Crippen LogP contribution >= 0.6 is 0 Å². The summed E-state index contributed by atoms with van der Waals surface area (Å²) in [4.78, 5) is 7.63. The molecule has 126 valence electrons. The maximum atomic E-state index is 12.6. The third kappa shape index (κ3) is 3.07. The molecule has 25 heavy (non-hydrogen) atoms. The van der Waals surface area contributed by atoms with Gasteiger partial charge in [0, 0.05) is 60.6 Å². The van der Waals surface area contributed by atoms with Crippen molar-refractivity contribution in [2.24, 2.45) is 0 Å². The van der Waals surface area contributed by atoms with Crippen LogP contribution < -0.4 is 5.32 Å². The minimum absolute atomic E-state index is 0.572. The van der Waals surface area contributed by atoms with Crippen molar-refractivity contribution in [1.29, 1.82) is 5.26 Å². The molecule has 0 saturated carbocycles. The highest BCUT2D eigenvalue weighted by atomic mass is 32.2. The first kappa shape index (κ1) is 16.0. The number of benzene rings is 1. The molecule has 1 aliphatic heterocycles. The minimum Gasteiger partial charge on any atom is -0.361 e. The molecule has 1 unspecified atom stereocenters. The van der Waals surface area contributed by atoms with Gasteiger partial charge in [-0.15, -0.1) is 0 Å². The van der Waals surface area contributed by atoms with E-state index in [4.69, 9.17) is 5.26 Å². The molecule has 0 aliphatic carbocycles. The van der Waals surface area contributed by atoms with Gasteiger partial charge in [0.2, 0.25) is 0 Å². The van der Waals surface area contributed by atoms with Gasteiger partial charge in [-0.25, -0.2) is 13.5 Å². The first-order valence-electron chi connectivity index (χ1n) is 8.11. The maximum Gasteiger partial charge on any atom is 0.146 e. The summed E-state index contributed by atoms with van der Waals surface area (Å²) in [6.07, 6.45) is 3.66. The van der Waals surface area contributed by atoms with Crippen LogP contribution in [0.4, 0.5) is 0 Å². The Bertz CT molecular complexity index is 967. The zero-order chi connectivity index (χ0) is 17.2. The monoisotopic (exact) mass is 351 g/mol. The van der Waals surface area contributed by atoms with E-state index in [0.717, 1.165) is 48.2 Å². The maximum absolute atomic E-state index is 12.6. The van der Waals surface area contributed by atoms with E-state index < -0.39 is 11.0 Å². The van der Waals surface area contributed by atoms with E-state index in [1.54, 1.807) is 12.3 Å². The number of aromatic nitrogens is 2. The normalized spacial score (nSPS) is 16.6. The number of aromatic amines is 1. The van der Waals surface area contributed by atoms with E-state index in [9.17, 15) is 4.21 Å². The highest BCUT2D eigenvalue weighted by molar-refractivity contribution is 7.82. The molecule has 3 heterocycles. The summed E-state index contributed by atoms with van der Waals surface area (Å²) < 4.78 is 14.5. The van der Waals surface area contributed by atoms with Crippen molar-refractivity contribution in [3.05, 3.63) is 48.3 Å². The Morgan fingerprint density at radius 1 is 1.20 bits per heavy atom. The van der Waals surface area contributed by atoms with E-state index in [0.29, 0.717) is 10.6 Å². The largest absolute Gasteiger partial charge is 0.361 e. The van der Waals surface area contributed by atoms with Gasteiger partial charge in [0.05, 0.1) is 11.6 Å². The quantitative estimate of drug-likeness (QED) is 0.756. The molecule has 1 aromatic carbocycles. The molecule has 1 atom stereocenters. The Balaban J connectivity index is 1.64. The molecule has 4 rings (SSSR count). The molecule has 1 aliphatic rings. The highest BCUT2D eigenvalue weighted by Crippen LogP contribution is 2.29. The number of hydrogen-bond acceptors (Lipinski definition) is 4. The zero-order valence-corrected chi connectivity index (χ0v) is 14.3. The molecule has 1 saturated heterocycles. The molecule has 2 N–H and O–H groups in total. The van der Waals surface area contributed by atoms with Crippen molar-refractivity contribution in [2.75, 3.05) is 26.2 Å². The summed E-state index contributed by atoms with van der Waals surface area (Å²) in [5, 5.41) is 13.9.